The van der Waals surface area contributed by atoms with E-state index in [-0.39, 0.29) is 29.5 Å². The van der Waals surface area contributed by atoms with Gasteiger partial charge in [0.15, 0.2) is 0 Å². The van der Waals surface area contributed by atoms with Gasteiger partial charge in [0, 0.05) is 13.1 Å². The van der Waals surface area contributed by atoms with Crippen LogP contribution in [0.1, 0.15) is 23.2 Å². The fourth-order valence-electron chi connectivity index (χ4n) is 2.53. The highest BCUT2D eigenvalue weighted by molar-refractivity contribution is 7.89. The molecule has 1 heterocycles. The molecule has 1 aliphatic heterocycles. The molecule has 2 aliphatic rings. The second-order valence-electron chi connectivity index (χ2n) is 5.48. The molecule has 0 bridgehead atoms. The van der Waals surface area contributed by atoms with Crippen LogP contribution in [0, 0.1) is 5.92 Å². The Morgan fingerprint density at radius 3 is 2.20 bits per heavy atom. The van der Waals surface area contributed by atoms with Gasteiger partial charge in [-0.05, 0) is 43.0 Å². The van der Waals surface area contributed by atoms with E-state index in [0.29, 0.717) is 0 Å². The lowest BCUT2D eigenvalue weighted by molar-refractivity contribution is -0.0764. The Hall–Kier alpha value is -1.44. The van der Waals surface area contributed by atoms with Crippen LogP contribution in [0.5, 0.6) is 0 Å². The van der Waals surface area contributed by atoms with E-state index in [1.54, 1.807) is 0 Å². The van der Waals surface area contributed by atoms with Gasteiger partial charge in [-0.25, -0.2) is 13.2 Å². The molecule has 108 valence electrons. The number of hydrogen-bond acceptors (Lipinski definition) is 4. The molecule has 1 aliphatic carbocycles. The zero-order chi connectivity index (χ0) is 14.5. The molecular formula is C13H15NO5S. The lowest BCUT2D eigenvalue weighted by Gasteiger charge is -2.45. The van der Waals surface area contributed by atoms with Crippen LogP contribution >= 0.6 is 0 Å². The first kappa shape index (κ1) is 13.5. The highest BCUT2D eigenvalue weighted by Crippen LogP contribution is 2.45. The molecule has 2 fully saturated rings. The molecule has 3 rings (SSSR count). The molecule has 1 aromatic rings. The fraction of sp³-hybridized carbons (Fsp3) is 0.462. The SMILES string of the molecule is O=C(O)c1ccc(S(=O)(=O)N2CC(O)(C3CC3)C2)cc1. The van der Waals surface area contributed by atoms with E-state index < -0.39 is 21.6 Å². The summed E-state index contributed by atoms with van der Waals surface area (Å²) in [6, 6.07) is 5.10. The number of aliphatic hydroxyl groups is 1. The summed E-state index contributed by atoms with van der Waals surface area (Å²) in [6.45, 7) is 0.251. The minimum atomic E-state index is -3.64. The molecule has 1 saturated carbocycles. The lowest BCUT2D eigenvalue weighted by atomic mass is 9.91. The van der Waals surface area contributed by atoms with Crippen molar-refractivity contribution in [2.24, 2.45) is 5.92 Å². The van der Waals surface area contributed by atoms with Crippen molar-refractivity contribution in [1.29, 1.82) is 0 Å². The summed E-state index contributed by atoms with van der Waals surface area (Å²) in [5.74, 6) is -0.871. The molecule has 0 radical (unpaired) electrons. The highest BCUT2D eigenvalue weighted by Gasteiger charge is 2.55. The Balaban J connectivity index is 1.77. The number of carboxylic acids is 1. The van der Waals surface area contributed by atoms with Gasteiger partial charge in [0.25, 0.3) is 0 Å². The zero-order valence-corrected chi connectivity index (χ0v) is 11.5. The molecule has 0 amide bonds. The maximum absolute atomic E-state index is 12.3. The van der Waals surface area contributed by atoms with Gasteiger partial charge in [0.05, 0.1) is 16.1 Å². The van der Waals surface area contributed by atoms with Crippen molar-refractivity contribution in [2.45, 2.75) is 23.3 Å². The maximum atomic E-state index is 12.3. The predicted octanol–water partition coefficient (Wildman–Crippen LogP) is 0.530. The van der Waals surface area contributed by atoms with Crippen molar-refractivity contribution in [3.8, 4) is 0 Å². The largest absolute Gasteiger partial charge is 0.478 e. The number of aromatic carboxylic acids is 1. The Morgan fingerprint density at radius 1 is 1.20 bits per heavy atom. The van der Waals surface area contributed by atoms with Crippen molar-refractivity contribution >= 4 is 16.0 Å². The number of β-amino-alcohol motifs (C(OH)–C–C–N with tert-alkyl or cyclic N) is 1. The van der Waals surface area contributed by atoms with E-state index in [9.17, 15) is 18.3 Å². The summed E-state index contributed by atoms with van der Waals surface area (Å²) in [6.07, 6.45) is 1.91. The monoisotopic (exact) mass is 297 g/mol. The van der Waals surface area contributed by atoms with Crippen molar-refractivity contribution < 1.29 is 23.4 Å². The standard InChI is InChI=1S/C13H15NO5S/c15-12(16)9-1-5-11(6-2-9)20(18,19)14-7-13(17,8-14)10-3-4-10/h1-2,5-6,10,17H,3-4,7-8H2,(H,15,16). The van der Waals surface area contributed by atoms with E-state index in [0.717, 1.165) is 12.8 Å². The van der Waals surface area contributed by atoms with Crippen LogP contribution < -0.4 is 0 Å². The second-order valence-corrected chi connectivity index (χ2v) is 7.42. The molecule has 7 heteroatoms. The third-order valence-electron chi connectivity index (χ3n) is 3.98. The predicted molar refractivity (Wildman–Crippen MR) is 69.8 cm³/mol. The topological polar surface area (TPSA) is 94.9 Å². The van der Waals surface area contributed by atoms with E-state index in [1.807, 2.05) is 0 Å². The van der Waals surface area contributed by atoms with Gasteiger partial charge < -0.3 is 10.2 Å². The number of hydrogen-bond donors (Lipinski definition) is 2. The third-order valence-corrected chi connectivity index (χ3v) is 5.78. The molecule has 0 spiro atoms. The van der Waals surface area contributed by atoms with Gasteiger partial charge in [-0.3, -0.25) is 0 Å². The number of rotatable bonds is 4. The smallest absolute Gasteiger partial charge is 0.335 e. The van der Waals surface area contributed by atoms with Crippen molar-refractivity contribution in [3.63, 3.8) is 0 Å². The summed E-state index contributed by atoms with van der Waals surface area (Å²) in [5.41, 5.74) is -0.823. The quantitative estimate of drug-likeness (QED) is 0.845. The van der Waals surface area contributed by atoms with Crippen molar-refractivity contribution in [3.05, 3.63) is 29.8 Å². The molecule has 6 nitrogen and oxygen atoms in total. The van der Waals surface area contributed by atoms with E-state index in [4.69, 9.17) is 5.11 Å². The summed E-state index contributed by atoms with van der Waals surface area (Å²) >= 11 is 0. The maximum Gasteiger partial charge on any atom is 0.335 e. The van der Waals surface area contributed by atoms with Gasteiger partial charge in [-0.2, -0.15) is 4.31 Å². The summed E-state index contributed by atoms with van der Waals surface area (Å²) < 4.78 is 25.8. The molecule has 20 heavy (non-hydrogen) atoms. The summed E-state index contributed by atoms with van der Waals surface area (Å²) in [5, 5.41) is 19.0. The van der Waals surface area contributed by atoms with Crippen LogP contribution in [0.15, 0.2) is 29.2 Å². The average molecular weight is 297 g/mol. The van der Waals surface area contributed by atoms with Crippen LogP contribution in [0.3, 0.4) is 0 Å². The number of carbonyl (C=O) groups is 1. The minimum Gasteiger partial charge on any atom is -0.478 e. The van der Waals surface area contributed by atoms with E-state index >= 15 is 0 Å². The molecule has 1 saturated heterocycles. The number of benzene rings is 1. The van der Waals surface area contributed by atoms with Crippen LogP contribution in [-0.4, -0.2) is 47.6 Å². The second kappa shape index (κ2) is 4.28. The third kappa shape index (κ3) is 2.11. The molecular weight excluding hydrogens is 282 g/mol. The summed E-state index contributed by atoms with van der Waals surface area (Å²) in [4.78, 5) is 10.8. The van der Waals surface area contributed by atoms with Crippen molar-refractivity contribution in [2.75, 3.05) is 13.1 Å². The van der Waals surface area contributed by atoms with Crippen molar-refractivity contribution in [1.82, 2.24) is 4.31 Å². The van der Waals surface area contributed by atoms with Gasteiger partial charge in [0.1, 0.15) is 0 Å². The number of sulfonamides is 1. The number of carboxylic acid groups (broad SMARTS) is 1. The summed E-state index contributed by atoms with van der Waals surface area (Å²) in [7, 11) is -3.64. The molecule has 2 N–H and O–H groups in total. The van der Waals surface area contributed by atoms with E-state index in [2.05, 4.69) is 0 Å². The van der Waals surface area contributed by atoms with Gasteiger partial charge in [-0.1, -0.05) is 0 Å². The zero-order valence-electron chi connectivity index (χ0n) is 10.7. The highest BCUT2D eigenvalue weighted by atomic mass is 32.2. The Morgan fingerprint density at radius 2 is 1.75 bits per heavy atom. The Bertz CT molecular complexity index is 642. The lowest BCUT2D eigenvalue weighted by Crippen LogP contribution is -2.64. The molecule has 1 aromatic carbocycles. The van der Waals surface area contributed by atoms with Gasteiger partial charge in [0.2, 0.25) is 10.0 Å². The number of nitrogens with zero attached hydrogens (tertiary/aromatic N) is 1. The van der Waals surface area contributed by atoms with Crippen LogP contribution in [-0.2, 0) is 10.0 Å². The average Bonchev–Trinajstić information content (AvgIpc) is 3.19. The first-order valence-corrected chi connectivity index (χ1v) is 7.83. The Kier molecular flexibility index (Phi) is 2.89. The molecule has 0 atom stereocenters. The van der Waals surface area contributed by atoms with Crippen LogP contribution in [0.25, 0.3) is 0 Å². The molecule has 0 aromatic heterocycles. The molecule has 0 unspecified atom stereocenters. The van der Waals surface area contributed by atoms with Crippen LogP contribution in [0.4, 0.5) is 0 Å². The van der Waals surface area contributed by atoms with Gasteiger partial charge >= 0.3 is 5.97 Å². The van der Waals surface area contributed by atoms with Crippen LogP contribution in [0.2, 0.25) is 0 Å². The van der Waals surface area contributed by atoms with E-state index in [1.165, 1.54) is 28.6 Å². The normalized spacial score (nSPS) is 22.2. The van der Waals surface area contributed by atoms with Gasteiger partial charge in [-0.15, -0.1) is 0 Å². The Labute approximate surface area is 116 Å². The first-order valence-electron chi connectivity index (χ1n) is 6.39. The fourth-order valence-corrected chi connectivity index (χ4v) is 4.10. The first-order chi connectivity index (χ1) is 9.33. The minimum absolute atomic E-state index is 0.0436.